The summed E-state index contributed by atoms with van der Waals surface area (Å²) in [7, 11) is 0. The van der Waals surface area contributed by atoms with Gasteiger partial charge in [0, 0.05) is 31.7 Å². The van der Waals surface area contributed by atoms with Crippen LogP contribution in [0.15, 0.2) is 12.1 Å². The summed E-state index contributed by atoms with van der Waals surface area (Å²) in [6.07, 6.45) is 0.815. The molecule has 20 heavy (non-hydrogen) atoms. The van der Waals surface area contributed by atoms with Gasteiger partial charge in [-0.05, 0) is 12.5 Å². The number of ether oxygens (including phenoxy) is 1. The zero-order valence-corrected chi connectivity index (χ0v) is 12.9. The lowest BCUT2D eigenvalue weighted by Crippen LogP contribution is -2.33. The predicted molar refractivity (Wildman–Crippen MR) is 78.7 cm³/mol. The molecule has 1 unspecified atom stereocenters. The molecule has 1 N–H and O–H groups in total. The maximum atomic E-state index is 12.0. The molecule has 1 aliphatic rings. The van der Waals surface area contributed by atoms with E-state index in [0.717, 1.165) is 6.42 Å². The van der Waals surface area contributed by atoms with E-state index >= 15 is 0 Å². The molecule has 1 amide bonds. The van der Waals surface area contributed by atoms with Crippen LogP contribution in [0.2, 0.25) is 15.1 Å². The highest BCUT2D eigenvalue weighted by Crippen LogP contribution is 2.33. The van der Waals surface area contributed by atoms with Crippen molar-refractivity contribution in [1.29, 1.82) is 0 Å². The first-order chi connectivity index (χ1) is 9.51. The summed E-state index contributed by atoms with van der Waals surface area (Å²) < 4.78 is 5.39. The normalized spacial score (nSPS) is 18.4. The molecule has 7 heteroatoms. The van der Waals surface area contributed by atoms with Gasteiger partial charge < -0.3 is 14.7 Å². The fraction of sp³-hybridized carbons (Fsp3) is 0.462. The van der Waals surface area contributed by atoms with Gasteiger partial charge in [-0.25, -0.2) is 0 Å². The van der Waals surface area contributed by atoms with E-state index in [1.54, 1.807) is 4.90 Å². The molecule has 1 atom stereocenters. The minimum atomic E-state index is -0.136. The molecular weight excluding hydrogens is 325 g/mol. The SMILES string of the molecule is O=C(COc1cc(Cl)c(Cl)cc1Cl)N1CCC(CO)C1. The van der Waals surface area contributed by atoms with Crippen molar-refractivity contribution in [2.45, 2.75) is 6.42 Å². The van der Waals surface area contributed by atoms with Crippen LogP contribution in [0.1, 0.15) is 6.42 Å². The second-order valence-corrected chi connectivity index (χ2v) is 5.88. The largest absolute Gasteiger partial charge is 0.482 e. The van der Waals surface area contributed by atoms with Crippen LogP contribution >= 0.6 is 34.8 Å². The van der Waals surface area contributed by atoms with Gasteiger partial charge in [0.2, 0.25) is 0 Å². The summed E-state index contributed by atoms with van der Waals surface area (Å²) in [4.78, 5) is 13.6. The van der Waals surface area contributed by atoms with Gasteiger partial charge in [-0.1, -0.05) is 34.8 Å². The fourth-order valence-corrected chi connectivity index (χ4v) is 2.65. The van der Waals surface area contributed by atoms with E-state index in [-0.39, 0.29) is 25.0 Å². The Morgan fingerprint density at radius 1 is 1.30 bits per heavy atom. The highest BCUT2D eigenvalue weighted by Gasteiger charge is 2.25. The summed E-state index contributed by atoms with van der Waals surface area (Å²) in [6, 6.07) is 2.96. The second kappa shape index (κ2) is 6.85. The number of rotatable bonds is 4. The molecule has 1 aliphatic heterocycles. The number of nitrogens with zero attached hydrogens (tertiary/aromatic N) is 1. The average Bonchev–Trinajstić information content (AvgIpc) is 2.90. The molecule has 0 aromatic heterocycles. The summed E-state index contributed by atoms with van der Waals surface area (Å²) in [5.74, 6) is 0.350. The molecule has 1 fully saturated rings. The number of aliphatic hydroxyl groups is 1. The first-order valence-electron chi connectivity index (χ1n) is 6.17. The van der Waals surface area contributed by atoms with Gasteiger partial charge in [0.1, 0.15) is 5.75 Å². The Balaban J connectivity index is 1.92. The standard InChI is InChI=1S/C13H14Cl3NO3/c14-9-3-11(16)12(4-10(9)15)20-7-13(19)17-2-1-8(5-17)6-18/h3-4,8,18H,1-2,5-7H2. The predicted octanol–water partition coefficient (Wildman–Crippen LogP) is 2.87. The van der Waals surface area contributed by atoms with E-state index in [4.69, 9.17) is 44.6 Å². The van der Waals surface area contributed by atoms with Gasteiger partial charge in [0.05, 0.1) is 15.1 Å². The van der Waals surface area contributed by atoms with E-state index in [0.29, 0.717) is 33.9 Å². The Bertz CT molecular complexity index is 510. The van der Waals surface area contributed by atoms with E-state index in [1.165, 1.54) is 12.1 Å². The zero-order valence-electron chi connectivity index (χ0n) is 10.6. The second-order valence-electron chi connectivity index (χ2n) is 4.66. The first kappa shape index (κ1) is 15.7. The number of likely N-dealkylation sites (tertiary alicyclic amines) is 1. The smallest absolute Gasteiger partial charge is 0.260 e. The zero-order chi connectivity index (χ0) is 14.7. The van der Waals surface area contributed by atoms with E-state index in [2.05, 4.69) is 0 Å². The van der Waals surface area contributed by atoms with Crippen molar-refractivity contribution in [2.24, 2.45) is 5.92 Å². The number of carbonyl (C=O) groups is 1. The van der Waals surface area contributed by atoms with Crippen molar-refractivity contribution in [2.75, 3.05) is 26.3 Å². The highest BCUT2D eigenvalue weighted by atomic mass is 35.5. The van der Waals surface area contributed by atoms with Gasteiger partial charge in [-0.3, -0.25) is 4.79 Å². The van der Waals surface area contributed by atoms with E-state index in [1.807, 2.05) is 0 Å². The molecule has 110 valence electrons. The Morgan fingerprint density at radius 2 is 2.00 bits per heavy atom. The number of hydrogen-bond acceptors (Lipinski definition) is 3. The molecule has 1 aromatic carbocycles. The Kier molecular flexibility index (Phi) is 5.38. The van der Waals surface area contributed by atoms with E-state index < -0.39 is 0 Å². The highest BCUT2D eigenvalue weighted by molar-refractivity contribution is 6.43. The molecule has 1 saturated heterocycles. The molecular formula is C13H14Cl3NO3. The molecule has 0 aliphatic carbocycles. The third-order valence-electron chi connectivity index (χ3n) is 3.22. The quantitative estimate of drug-likeness (QED) is 0.859. The number of amides is 1. The Morgan fingerprint density at radius 3 is 2.65 bits per heavy atom. The maximum Gasteiger partial charge on any atom is 0.260 e. The third-order valence-corrected chi connectivity index (χ3v) is 4.24. The molecule has 2 rings (SSSR count). The lowest BCUT2D eigenvalue weighted by Gasteiger charge is -2.17. The van der Waals surface area contributed by atoms with Gasteiger partial charge in [0.15, 0.2) is 6.61 Å². The molecule has 1 aromatic rings. The number of halogens is 3. The Labute approximate surface area is 132 Å². The van der Waals surface area contributed by atoms with Crippen LogP contribution < -0.4 is 4.74 Å². The number of hydrogen-bond donors (Lipinski definition) is 1. The number of benzene rings is 1. The minimum Gasteiger partial charge on any atom is -0.482 e. The number of aliphatic hydroxyl groups excluding tert-OH is 1. The average molecular weight is 339 g/mol. The molecule has 0 saturated carbocycles. The molecule has 4 nitrogen and oxygen atoms in total. The van der Waals surface area contributed by atoms with Crippen LogP contribution in [0.5, 0.6) is 5.75 Å². The molecule has 0 spiro atoms. The fourth-order valence-electron chi connectivity index (χ4n) is 2.05. The van der Waals surface area contributed by atoms with Gasteiger partial charge >= 0.3 is 0 Å². The number of carbonyl (C=O) groups excluding carboxylic acids is 1. The van der Waals surface area contributed by atoms with Gasteiger partial charge in [-0.2, -0.15) is 0 Å². The molecule has 0 radical (unpaired) electrons. The summed E-state index contributed by atoms with van der Waals surface area (Å²) in [5, 5.41) is 10.0. The van der Waals surface area contributed by atoms with Crippen molar-refractivity contribution in [3.8, 4) is 5.75 Å². The summed E-state index contributed by atoms with van der Waals surface area (Å²) in [6.45, 7) is 1.19. The lowest BCUT2D eigenvalue weighted by atomic mass is 10.1. The van der Waals surface area contributed by atoms with Gasteiger partial charge in [0.25, 0.3) is 5.91 Å². The minimum absolute atomic E-state index is 0.100. The monoisotopic (exact) mass is 337 g/mol. The van der Waals surface area contributed by atoms with Crippen molar-refractivity contribution < 1.29 is 14.6 Å². The van der Waals surface area contributed by atoms with Crippen molar-refractivity contribution in [3.63, 3.8) is 0 Å². The van der Waals surface area contributed by atoms with Crippen molar-refractivity contribution >= 4 is 40.7 Å². The first-order valence-corrected chi connectivity index (χ1v) is 7.30. The van der Waals surface area contributed by atoms with Crippen LogP contribution in [-0.4, -0.2) is 42.2 Å². The van der Waals surface area contributed by atoms with Crippen LogP contribution in [0.3, 0.4) is 0 Å². The van der Waals surface area contributed by atoms with E-state index in [9.17, 15) is 4.79 Å². The van der Waals surface area contributed by atoms with Crippen LogP contribution in [0, 0.1) is 5.92 Å². The third kappa shape index (κ3) is 3.70. The molecule has 0 bridgehead atoms. The van der Waals surface area contributed by atoms with Crippen LogP contribution in [0.25, 0.3) is 0 Å². The summed E-state index contributed by atoms with van der Waals surface area (Å²) >= 11 is 17.7. The van der Waals surface area contributed by atoms with Gasteiger partial charge in [-0.15, -0.1) is 0 Å². The van der Waals surface area contributed by atoms with Crippen molar-refractivity contribution in [3.05, 3.63) is 27.2 Å². The molecule has 1 heterocycles. The maximum absolute atomic E-state index is 12.0. The summed E-state index contributed by atoms with van der Waals surface area (Å²) in [5.41, 5.74) is 0. The topological polar surface area (TPSA) is 49.8 Å². The lowest BCUT2D eigenvalue weighted by molar-refractivity contribution is -0.132. The van der Waals surface area contributed by atoms with Crippen molar-refractivity contribution in [1.82, 2.24) is 4.90 Å². The van der Waals surface area contributed by atoms with Crippen LogP contribution in [-0.2, 0) is 4.79 Å². The Hall–Kier alpha value is -0.680. The van der Waals surface area contributed by atoms with Crippen LogP contribution in [0.4, 0.5) is 0 Å².